The van der Waals surface area contributed by atoms with Crippen molar-refractivity contribution < 1.29 is 14.3 Å². The number of nitrogens with one attached hydrogen (secondary N) is 1. The van der Waals surface area contributed by atoms with E-state index in [4.69, 9.17) is 0 Å². The first-order valence-electron chi connectivity index (χ1n) is 8.16. The Hall–Kier alpha value is -2.24. The Morgan fingerprint density at radius 2 is 2.00 bits per heavy atom. The molecule has 0 unspecified atom stereocenters. The number of aliphatic hydroxyl groups is 1. The first-order chi connectivity index (χ1) is 11.7. The van der Waals surface area contributed by atoms with Gasteiger partial charge in [-0.3, -0.25) is 9.69 Å². The minimum Gasteiger partial charge on any atom is -0.395 e. The molecule has 2 aromatic rings. The predicted octanol–water partition coefficient (Wildman–Crippen LogP) is 3.03. The van der Waals surface area contributed by atoms with Gasteiger partial charge in [0.1, 0.15) is 5.82 Å². The average Bonchev–Trinajstić information content (AvgIpc) is 3.40. The van der Waals surface area contributed by atoms with Gasteiger partial charge in [-0.05, 0) is 48.7 Å². The third kappa shape index (κ3) is 4.40. The number of amides is 1. The number of halogens is 1. The largest absolute Gasteiger partial charge is 0.395 e. The molecule has 1 saturated carbocycles. The first-order valence-corrected chi connectivity index (χ1v) is 8.16. The van der Waals surface area contributed by atoms with Crippen LogP contribution in [0.4, 0.5) is 10.1 Å². The Kier molecular flexibility index (Phi) is 5.23. The highest BCUT2D eigenvalue weighted by Crippen LogP contribution is 2.28. The van der Waals surface area contributed by atoms with Crippen molar-refractivity contribution in [1.29, 1.82) is 0 Å². The zero-order valence-corrected chi connectivity index (χ0v) is 13.4. The molecular formula is C19H21FN2O2. The molecule has 0 heterocycles. The van der Waals surface area contributed by atoms with E-state index in [9.17, 15) is 14.3 Å². The normalized spacial score (nSPS) is 14.0. The van der Waals surface area contributed by atoms with Crippen LogP contribution in [0.15, 0.2) is 48.5 Å². The maximum atomic E-state index is 13.2. The van der Waals surface area contributed by atoms with Gasteiger partial charge in [-0.2, -0.15) is 0 Å². The molecule has 1 fully saturated rings. The van der Waals surface area contributed by atoms with Crippen LogP contribution in [0.3, 0.4) is 0 Å². The molecule has 0 bridgehead atoms. The van der Waals surface area contributed by atoms with Gasteiger partial charge in [-0.1, -0.05) is 18.2 Å². The number of hydrogen-bond acceptors (Lipinski definition) is 3. The van der Waals surface area contributed by atoms with Gasteiger partial charge in [0.25, 0.3) is 5.91 Å². The quantitative estimate of drug-likeness (QED) is 0.821. The highest BCUT2D eigenvalue weighted by molar-refractivity contribution is 6.04. The van der Waals surface area contributed by atoms with Crippen molar-refractivity contribution in [3.05, 3.63) is 65.5 Å². The number of benzene rings is 2. The zero-order chi connectivity index (χ0) is 16.9. The SMILES string of the molecule is O=C(Nc1cccc(F)c1)c1cccc(CN(CCO)C2CC2)c1. The van der Waals surface area contributed by atoms with E-state index in [0.717, 1.165) is 5.56 Å². The van der Waals surface area contributed by atoms with Gasteiger partial charge in [-0.25, -0.2) is 4.39 Å². The molecule has 0 radical (unpaired) electrons. The van der Waals surface area contributed by atoms with Crippen LogP contribution in [-0.2, 0) is 6.54 Å². The lowest BCUT2D eigenvalue weighted by Gasteiger charge is -2.21. The fraction of sp³-hybridized carbons (Fsp3) is 0.316. The summed E-state index contributed by atoms with van der Waals surface area (Å²) >= 11 is 0. The standard InChI is InChI=1S/C19H21FN2O2/c20-16-5-2-6-17(12-16)21-19(24)15-4-1-3-14(11-15)13-22(9-10-23)18-7-8-18/h1-6,11-12,18,23H,7-10,13H2,(H,21,24). The second kappa shape index (κ2) is 7.55. The lowest BCUT2D eigenvalue weighted by atomic mass is 10.1. The van der Waals surface area contributed by atoms with Gasteiger partial charge >= 0.3 is 0 Å². The Labute approximate surface area is 140 Å². The molecule has 5 heteroatoms. The topological polar surface area (TPSA) is 52.6 Å². The summed E-state index contributed by atoms with van der Waals surface area (Å²) in [5, 5.41) is 11.9. The van der Waals surface area contributed by atoms with E-state index in [1.165, 1.54) is 25.0 Å². The zero-order valence-electron chi connectivity index (χ0n) is 13.4. The molecule has 2 aromatic carbocycles. The molecule has 1 aliphatic carbocycles. The minimum absolute atomic E-state index is 0.135. The van der Waals surface area contributed by atoms with E-state index in [-0.39, 0.29) is 18.3 Å². The Bertz CT molecular complexity index is 716. The molecule has 0 aromatic heterocycles. The summed E-state index contributed by atoms with van der Waals surface area (Å²) < 4.78 is 13.2. The smallest absolute Gasteiger partial charge is 0.255 e. The van der Waals surface area contributed by atoms with Crippen molar-refractivity contribution in [2.24, 2.45) is 0 Å². The number of nitrogens with zero attached hydrogens (tertiary/aromatic N) is 1. The third-order valence-corrected chi connectivity index (χ3v) is 4.11. The number of anilines is 1. The summed E-state index contributed by atoms with van der Waals surface area (Å²) in [4.78, 5) is 14.6. The summed E-state index contributed by atoms with van der Waals surface area (Å²) in [5.41, 5.74) is 2.00. The number of hydrogen-bond donors (Lipinski definition) is 2. The fourth-order valence-corrected chi connectivity index (χ4v) is 2.77. The van der Waals surface area contributed by atoms with Crippen molar-refractivity contribution in [3.63, 3.8) is 0 Å². The van der Waals surface area contributed by atoms with Crippen LogP contribution in [0.2, 0.25) is 0 Å². The molecule has 1 amide bonds. The monoisotopic (exact) mass is 328 g/mol. The molecule has 1 aliphatic rings. The van der Waals surface area contributed by atoms with E-state index < -0.39 is 0 Å². The average molecular weight is 328 g/mol. The van der Waals surface area contributed by atoms with E-state index in [1.54, 1.807) is 18.2 Å². The van der Waals surface area contributed by atoms with Crippen molar-refractivity contribution in [1.82, 2.24) is 4.90 Å². The van der Waals surface area contributed by atoms with E-state index in [1.807, 2.05) is 18.2 Å². The minimum atomic E-state index is -0.384. The summed E-state index contributed by atoms with van der Waals surface area (Å²) in [5.74, 6) is -0.645. The van der Waals surface area contributed by atoms with Crippen LogP contribution in [0, 0.1) is 5.82 Å². The fourth-order valence-electron chi connectivity index (χ4n) is 2.77. The summed E-state index contributed by atoms with van der Waals surface area (Å²) in [6.07, 6.45) is 2.33. The third-order valence-electron chi connectivity index (χ3n) is 4.11. The lowest BCUT2D eigenvalue weighted by Crippen LogP contribution is -2.28. The van der Waals surface area contributed by atoms with Crippen LogP contribution in [0.5, 0.6) is 0 Å². The van der Waals surface area contributed by atoms with E-state index in [2.05, 4.69) is 10.2 Å². The van der Waals surface area contributed by atoms with E-state index in [0.29, 0.717) is 30.4 Å². The molecule has 24 heavy (non-hydrogen) atoms. The van der Waals surface area contributed by atoms with Gasteiger partial charge < -0.3 is 10.4 Å². The maximum Gasteiger partial charge on any atom is 0.255 e. The van der Waals surface area contributed by atoms with Crippen molar-refractivity contribution in [3.8, 4) is 0 Å². The molecule has 0 spiro atoms. The summed E-state index contributed by atoms with van der Waals surface area (Å²) in [6, 6.07) is 13.8. The number of carbonyl (C=O) groups excluding carboxylic acids is 1. The van der Waals surface area contributed by atoms with Crippen LogP contribution in [0.25, 0.3) is 0 Å². The molecule has 0 aliphatic heterocycles. The highest BCUT2D eigenvalue weighted by atomic mass is 19.1. The summed E-state index contributed by atoms with van der Waals surface area (Å²) in [6.45, 7) is 1.49. The van der Waals surface area contributed by atoms with Gasteiger partial charge in [0, 0.05) is 30.4 Å². The Morgan fingerprint density at radius 3 is 2.71 bits per heavy atom. The molecule has 126 valence electrons. The molecule has 4 nitrogen and oxygen atoms in total. The van der Waals surface area contributed by atoms with Crippen molar-refractivity contribution in [2.75, 3.05) is 18.5 Å². The van der Waals surface area contributed by atoms with Gasteiger partial charge in [0.05, 0.1) is 6.61 Å². The molecule has 3 rings (SSSR count). The van der Waals surface area contributed by atoms with Crippen LogP contribution < -0.4 is 5.32 Å². The first kappa shape index (κ1) is 16.6. The van der Waals surface area contributed by atoms with Gasteiger partial charge in [0.2, 0.25) is 0 Å². The molecule has 0 saturated heterocycles. The van der Waals surface area contributed by atoms with Crippen LogP contribution >= 0.6 is 0 Å². The lowest BCUT2D eigenvalue weighted by molar-refractivity contribution is 0.102. The van der Waals surface area contributed by atoms with Gasteiger partial charge in [-0.15, -0.1) is 0 Å². The number of rotatable bonds is 7. The molecular weight excluding hydrogens is 307 g/mol. The second-order valence-electron chi connectivity index (χ2n) is 6.09. The van der Waals surface area contributed by atoms with Gasteiger partial charge in [0.15, 0.2) is 0 Å². The van der Waals surface area contributed by atoms with Crippen LogP contribution in [-0.4, -0.2) is 35.1 Å². The Morgan fingerprint density at radius 1 is 1.21 bits per heavy atom. The number of carbonyl (C=O) groups is 1. The second-order valence-corrected chi connectivity index (χ2v) is 6.09. The van der Waals surface area contributed by atoms with Crippen molar-refractivity contribution >= 4 is 11.6 Å². The summed E-state index contributed by atoms with van der Waals surface area (Å²) in [7, 11) is 0. The predicted molar refractivity (Wildman–Crippen MR) is 91.3 cm³/mol. The number of aliphatic hydroxyl groups excluding tert-OH is 1. The Balaban J connectivity index is 1.68. The maximum absolute atomic E-state index is 13.2. The molecule has 2 N–H and O–H groups in total. The molecule has 0 atom stereocenters. The van der Waals surface area contributed by atoms with Crippen molar-refractivity contribution in [2.45, 2.75) is 25.4 Å². The highest BCUT2D eigenvalue weighted by Gasteiger charge is 2.28. The van der Waals surface area contributed by atoms with Crippen LogP contribution in [0.1, 0.15) is 28.8 Å². The van der Waals surface area contributed by atoms with E-state index >= 15 is 0 Å².